The van der Waals surface area contributed by atoms with Gasteiger partial charge < -0.3 is 14.2 Å². The number of carbonyl (C=O) groups excluding carboxylic acids is 3. The van der Waals surface area contributed by atoms with Crippen LogP contribution < -0.4 is 10.2 Å². The molecule has 0 aliphatic carbocycles. The van der Waals surface area contributed by atoms with Crippen molar-refractivity contribution in [1.29, 1.82) is 0 Å². The van der Waals surface area contributed by atoms with Gasteiger partial charge in [-0.05, 0) is 38.0 Å². The third kappa shape index (κ3) is 2.70. The van der Waals surface area contributed by atoms with Crippen molar-refractivity contribution in [1.82, 2.24) is 20.4 Å². The SMILES string of the molecule is C[C@@H]1CN2c3c(cc4c(-c5ncccn5)noc4c3F)CC3(C(=O)CC(=O)NC3=O)[C@H]2[C@H](C)O1. The summed E-state index contributed by atoms with van der Waals surface area (Å²) in [6, 6.07) is 2.53. The van der Waals surface area contributed by atoms with E-state index in [2.05, 4.69) is 20.4 Å². The van der Waals surface area contributed by atoms with Crippen molar-refractivity contribution in [3.8, 4) is 11.5 Å². The molecule has 1 spiro atoms. The Bertz CT molecular complexity index is 1350. The van der Waals surface area contributed by atoms with E-state index >= 15 is 4.39 Å². The van der Waals surface area contributed by atoms with Crippen molar-refractivity contribution >= 4 is 34.3 Å². The Morgan fingerprint density at radius 2 is 1.97 bits per heavy atom. The molecular formula is C23H20FN5O5. The molecule has 4 atom stereocenters. The highest BCUT2D eigenvalue weighted by atomic mass is 19.1. The molecule has 2 fully saturated rings. The number of aromatic nitrogens is 3. The lowest BCUT2D eigenvalue weighted by Crippen LogP contribution is -2.72. The number of anilines is 1. The van der Waals surface area contributed by atoms with Gasteiger partial charge >= 0.3 is 0 Å². The molecule has 2 saturated heterocycles. The Morgan fingerprint density at radius 3 is 2.71 bits per heavy atom. The van der Waals surface area contributed by atoms with Crippen molar-refractivity contribution < 1.29 is 28.0 Å². The third-order valence-electron chi connectivity index (χ3n) is 6.95. The van der Waals surface area contributed by atoms with Gasteiger partial charge in [0.15, 0.2) is 23.1 Å². The van der Waals surface area contributed by atoms with Crippen molar-refractivity contribution in [2.75, 3.05) is 11.4 Å². The van der Waals surface area contributed by atoms with Gasteiger partial charge in [0.1, 0.15) is 5.41 Å². The zero-order valence-corrected chi connectivity index (χ0v) is 18.4. The first kappa shape index (κ1) is 20.8. The lowest BCUT2D eigenvalue weighted by Gasteiger charge is -2.55. The van der Waals surface area contributed by atoms with E-state index in [9.17, 15) is 14.4 Å². The van der Waals surface area contributed by atoms with Crippen LogP contribution in [0.25, 0.3) is 22.5 Å². The first-order chi connectivity index (χ1) is 16.3. The standard InChI is InChI=1S/C23H20FN5O5/c1-10-9-29-18-12(6-13-17(21-25-4-3-5-26-21)28-34-19(13)16(18)24)8-23(20(29)11(2)33-10)14(30)7-15(31)27-22(23)32/h3-6,10-11,20H,7-9H2,1-2H3,(H,27,31,32)/t10-,11+,20-,23?/m1/s1. The van der Waals surface area contributed by atoms with Crippen molar-refractivity contribution in [2.45, 2.75) is 44.9 Å². The number of piperidine rings is 1. The quantitative estimate of drug-likeness (QED) is 0.421. The summed E-state index contributed by atoms with van der Waals surface area (Å²) in [5.74, 6) is -2.20. The maximum absolute atomic E-state index is 16.0. The van der Waals surface area contributed by atoms with Crippen LogP contribution in [0.4, 0.5) is 10.1 Å². The number of nitrogens with zero attached hydrogens (tertiary/aromatic N) is 4. The van der Waals surface area contributed by atoms with Crippen LogP contribution in [0.5, 0.6) is 0 Å². The van der Waals surface area contributed by atoms with Crippen LogP contribution in [0, 0.1) is 11.2 Å². The molecule has 0 bridgehead atoms. The zero-order chi connectivity index (χ0) is 23.8. The number of rotatable bonds is 1. The fourth-order valence-electron chi connectivity index (χ4n) is 5.73. The van der Waals surface area contributed by atoms with E-state index < -0.39 is 47.4 Å². The van der Waals surface area contributed by atoms with E-state index in [1.165, 1.54) is 12.4 Å². The molecule has 3 aliphatic heterocycles. The molecule has 11 heteroatoms. The van der Waals surface area contributed by atoms with Crippen LogP contribution in [-0.4, -0.2) is 57.5 Å². The number of halogens is 1. The molecule has 6 rings (SSSR count). The summed E-state index contributed by atoms with van der Waals surface area (Å²) in [6.45, 7) is 3.85. The summed E-state index contributed by atoms with van der Waals surface area (Å²) in [4.78, 5) is 48.7. The molecule has 0 radical (unpaired) electrons. The summed E-state index contributed by atoms with van der Waals surface area (Å²) >= 11 is 0. The minimum Gasteiger partial charge on any atom is -0.372 e. The number of ether oxygens (including phenoxy) is 1. The topological polar surface area (TPSA) is 128 Å². The molecule has 3 aromatic rings. The largest absolute Gasteiger partial charge is 0.372 e. The van der Waals surface area contributed by atoms with Gasteiger partial charge in [-0.2, -0.15) is 0 Å². The first-order valence-corrected chi connectivity index (χ1v) is 11.0. The average Bonchev–Trinajstić information content (AvgIpc) is 3.21. The van der Waals surface area contributed by atoms with E-state index in [0.717, 1.165) is 0 Å². The molecule has 10 nitrogen and oxygen atoms in total. The second kappa shape index (κ2) is 7.13. The third-order valence-corrected chi connectivity index (χ3v) is 6.95. The number of hydrogen-bond acceptors (Lipinski definition) is 9. The van der Waals surface area contributed by atoms with Crippen LogP contribution in [0.2, 0.25) is 0 Å². The lowest BCUT2D eigenvalue weighted by atomic mass is 9.63. The number of imide groups is 1. The summed E-state index contributed by atoms with van der Waals surface area (Å²) in [6.07, 6.45) is 1.71. The molecule has 5 heterocycles. The average molecular weight is 465 g/mol. The predicted octanol–water partition coefficient (Wildman–Crippen LogP) is 1.56. The molecule has 3 aliphatic rings. The Labute approximate surface area is 192 Å². The highest BCUT2D eigenvalue weighted by Gasteiger charge is 2.62. The second-order valence-electron chi connectivity index (χ2n) is 9.05. The number of carbonyl (C=O) groups is 3. The van der Waals surface area contributed by atoms with E-state index in [-0.39, 0.29) is 41.9 Å². The minimum atomic E-state index is -1.60. The van der Waals surface area contributed by atoms with Crippen LogP contribution >= 0.6 is 0 Å². The normalized spacial score (nSPS) is 28.7. The van der Waals surface area contributed by atoms with Gasteiger partial charge in [-0.3, -0.25) is 19.7 Å². The Morgan fingerprint density at radius 1 is 1.21 bits per heavy atom. The number of fused-ring (bicyclic) bond motifs is 5. The number of benzene rings is 1. The van der Waals surface area contributed by atoms with E-state index in [1.54, 1.807) is 24.0 Å². The van der Waals surface area contributed by atoms with Crippen molar-refractivity contribution in [2.24, 2.45) is 5.41 Å². The van der Waals surface area contributed by atoms with E-state index in [1.807, 2.05) is 6.92 Å². The summed E-state index contributed by atoms with van der Waals surface area (Å²) in [7, 11) is 0. The monoisotopic (exact) mass is 465 g/mol. The maximum Gasteiger partial charge on any atom is 0.242 e. The molecule has 0 saturated carbocycles. The highest BCUT2D eigenvalue weighted by molar-refractivity contribution is 6.22. The number of hydrogen-bond donors (Lipinski definition) is 1. The molecule has 174 valence electrons. The Hall–Kier alpha value is -3.73. The zero-order valence-electron chi connectivity index (χ0n) is 18.4. The van der Waals surface area contributed by atoms with Gasteiger partial charge in [-0.1, -0.05) is 5.16 Å². The highest BCUT2D eigenvalue weighted by Crippen LogP contribution is 2.50. The molecule has 34 heavy (non-hydrogen) atoms. The molecule has 1 N–H and O–H groups in total. The van der Waals surface area contributed by atoms with Gasteiger partial charge in [0, 0.05) is 18.9 Å². The summed E-state index contributed by atoms with van der Waals surface area (Å²) < 4.78 is 27.4. The molecular weight excluding hydrogens is 445 g/mol. The summed E-state index contributed by atoms with van der Waals surface area (Å²) in [5, 5.41) is 6.66. The molecule has 1 unspecified atom stereocenters. The van der Waals surface area contributed by atoms with Gasteiger partial charge in [0.2, 0.25) is 17.4 Å². The number of morpholine rings is 1. The number of nitrogens with one attached hydrogen (secondary N) is 1. The maximum atomic E-state index is 16.0. The fraction of sp³-hybridized carbons (Fsp3) is 0.391. The molecule has 2 aromatic heterocycles. The van der Waals surface area contributed by atoms with E-state index in [0.29, 0.717) is 10.9 Å². The van der Waals surface area contributed by atoms with Crippen LogP contribution in [0.3, 0.4) is 0 Å². The minimum absolute atomic E-state index is 0.0581. The Kier molecular flexibility index (Phi) is 4.37. The van der Waals surface area contributed by atoms with Gasteiger partial charge in [-0.25, -0.2) is 14.4 Å². The lowest BCUT2D eigenvalue weighted by molar-refractivity contribution is -0.158. The van der Waals surface area contributed by atoms with Gasteiger partial charge in [0.25, 0.3) is 0 Å². The number of Topliss-reactive ketones (excluding diaryl/α,β-unsaturated/α-hetero) is 1. The fourth-order valence-corrected chi connectivity index (χ4v) is 5.73. The molecule has 1 aromatic carbocycles. The molecule has 2 amide bonds. The number of amides is 2. The van der Waals surface area contributed by atoms with Crippen molar-refractivity contribution in [3.63, 3.8) is 0 Å². The summed E-state index contributed by atoms with van der Waals surface area (Å²) in [5.41, 5.74) is -0.703. The predicted molar refractivity (Wildman–Crippen MR) is 115 cm³/mol. The second-order valence-corrected chi connectivity index (χ2v) is 9.05. The van der Waals surface area contributed by atoms with Crippen LogP contribution in [0.15, 0.2) is 29.0 Å². The number of ketones is 1. The van der Waals surface area contributed by atoms with E-state index in [4.69, 9.17) is 9.26 Å². The van der Waals surface area contributed by atoms with Crippen LogP contribution in [0.1, 0.15) is 25.8 Å². The first-order valence-electron chi connectivity index (χ1n) is 11.0. The van der Waals surface area contributed by atoms with Crippen molar-refractivity contribution in [3.05, 3.63) is 35.9 Å². The van der Waals surface area contributed by atoms with Gasteiger partial charge in [-0.15, -0.1) is 0 Å². The smallest absolute Gasteiger partial charge is 0.242 e. The van der Waals surface area contributed by atoms with Crippen LogP contribution in [-0.2, 0) is 25.5 Å². The Balaban J connectivity index is 1.61. The van der Waals surface area contributed by atoms with Gasteiger partial charge in [0.05, 0.1) is 35.7 Å².